The SMILES string of the molecule is N#Cc1cc(CBr)c(C(F)F)c(CO)n1. The van der Waals surface area contributed by atoms with Crippen molar-refractivity contribution >= 4 is 15.9 Å². The molecule has 80 valence electrons. The van der Waals surface area contributed by atoms with Gasteiger partial charge in [-0.3, -0.25) is 0 Å². The normalized spacial score (nSPS) is 10.4. The van der Waals surface area contributed by atoms with Gasteiger partial charge in [0.05, 0.1) is 12.3 Å². The lowest BCUT2D eigenvalue weighted by Crippen LogP contribution is -2.04. The number of hydrogen-bond acceptors (Lipinski definition) is 3. The van der Waals surface area contributed by atoms with Crippen LogP contribution in [-0.4, -0.2) is 10.1 Å². The van der Waals surface area contributed by atoms with E-state index < -0.39 is 13.0 Å². The molecule has 15 heavy (non-hydrogen) atoms. The van der Waals surface area contributed by atoms with Crippen LogP contribution < -0.4 is 0 Å². The van der Waals surface area contributed by atoms with E-state index in [4.69, 9.17) is 10.4 Å². The van der Waals surface area contributed by atoms with Crippen molar-refractivity contribution in [1.29, 1.82) is 5.26 Å². The van der Waals surface area contributed by atoms with Crippen molar-refractivity contribution in [2.75, 3.05) is 0 Å². The maximum atomic E-state index is 12.6. The van der Waals surface area contributed by atoms with Crippen LogP contribution in [0.15, 0.2) is 6.07 Å². The van der Waals surface area contributed by atoms with E-state index in [1.54, 1.807) is 6.07 Å². The molecule has 0 bridgehead atoms. The Balaban J connectivity index is 3.41. The minimum atomic E-state index is -2.71. The van der Waals surface area contributed by atoms with Gasteiger partial charge in [-0.25, -0.2) is 13.8 Å². The molecular formula is C9H7BrF2N2O. The minimum Gasteiger partial charge on any atom is -0.390 e. The molecule has 0 saturated heterocycles. The van der Waals surface area contributed by atoms with Gasteiger partial charge in [-0.15, -0.1) is 0 Å². The van der Waals surface area contributed by atoms with Gasteiger partial charge in [0.2, 0.25) is 0 Å². The maximum Gasteiger partial charge on any atom is 0.265 e. The molecular weight excluding hydrogens is 270 g/mol. The maximum absolute atomic E-state index is 12.6. The molecule has 0 aromatic carbocycles. The lowest BCUT2D eigenvalue weighted by atomic mass is 10.1. The molecule has 1 aromatic heterocycles. The van der Waals surface area contributed by atoms with Crippen LogP contribution in [0.2, 0.25) is 0 Å². The summed E-state index contributed by atoms with van der Waals surface area (Å²) in [6, 6.07) is 3.04. The molecule has 0 aliphatic rings. The standard InChI is InChI=1S/C9H7BrF2N2O/c10-2-5-1-6(3-13)14-7(4-15)8(5)9(11)12/h1,9,15H,2,4H2. The van der Waals surface area contributed by atoms with E-state index in [0.29, 0.717) is 0 Å². The molecule has 1 heterocycles. The second-order valence-electron chi connectivity index (χ2n) is 2.73. The Morgan fingerprint density at radius 1 is 1.60 bits per heavy atom. The average molecular weight is 277 g/mol. The Hall–Kier alpha value is -1.06. The summed E-state index contributed by atoms with van der Waals surface area (Å²) >= 11 is 3.05. The second kappa shape index (κ2) is 5.14. The molecule has 1 aromatic rings. The lowest BCUT2D eigenvalue weighted by Gasteiger charge is -2.10. The van der Waals surface area contributed by atoms with Crippen LogP contribution in [0.1, 0.15) is 28.9 Å². The first-order valence-corrected chi connectivity index (χ1v) is 5.14. The van der Waals surface area contributed by atoms with Crippen LogP contribution in [0.25, 0.3) is 0 Å². The fourth-order valence-corrected chi connectivity index (χ4v) is 1.68. The number of nitriles is 1. The van der Waals surface area contributed by atoms with Crippen LogP contribution in [0.3, 0.4) is 0 Å². The topological polar surface area (TPSA) is 56.9 Å². The van der Waals surface area contributed by atoms with Gasteiger partial charge in [0.15, 0.2) is 0 Å². The highest BCUT2D eigenvalue weighted by molar-refractivity contribution is 9.08. The summed E-state index contributed by atoms with van der Waals surface area (Å²) in [5.41, 5.74) is -0.134. The Labute approximate surface area is 93.5 Å². The Morgan fingerprint density at radius 3 is 2.67 bits per heavy atom. The number of halogens is 3. The third-order valence-electron chi connectivity index (χ3n) is 1.85. The predicted octanol–water partition coefficient (Wildman–Crippen LogP) is 2.28. The number of pyridine rings is 1. The summed E-state index contributed by atoms with van der Waals surface area (Å²) in [7, 11) is 0. The summed E-state index contributed by atoms with van der Waals surface area (Å²) in [4.78, 5) is 3.63. The first kappa shape index (κ1) is 12.0. The number of aromatic nitrogens is 1. The minimum absolute atomic E-state index is 0.0258. The molecule has 6 heteroatoms. The van der Waals surface area contributed by atoms with Crippen molar-refractivity contribution in [3.05, 3.63) is 28.6 Å². The van der Waals surface area contributed by atoms with E-state index in [0.717, 1.165) is 0 Å². The quantitative estimate of drug-likeness (QED) is 0.862. The van der Waals surface area contributed by atoms with Crippen molar-refractivity contribution in [2.24, 2.45) is 0 Å². The van der Waals surface area contributed by atoms with Gasteiger partial charge in [-0.1, -0.05) is 15.9 Å². The number of aliphatic hydroxyl groups is 1. The number of rotatable bonds is 3. The highest BCUT2D eigenvalue weighted by Crippen LogP contribution is 2.28. The van der Waals surface area contributed by atoms with Crippen LogP contribution in [0.4, 0.5) is 8.78 Å². The molecule has 0 saturated carbocycles. The Bertz CT molecular complexity index is 379. The molecule has 0 aliphatic heterocycles. The molecule has 3 nitrogen and oxygen atoms in total. The van der Waals surface area contributed by atoms with Gasteiger partial charge in [0, 0.05) is 10.9 Å². The van der Waals surface area contributed by atoms with Gasteiger partial charge >= 0.3 is 0 Å². The molecule has 0 fully saturated rings. The molecule has 0 radical (unpaired) electrons. The smallest absolute Gasteiger partial charge is 0.265 e. The zero-order valence-corrected chi connectivity index (χ0v) is 9.13. The number of nitrogens with zero attached hydrogens (tertiary/aromatic N) is 2. The molecule has 0 unspecified atom stereocenters. The summed E-state index contributed by atoms with van der Waals surface area (Å²) in [6.07, 6.45) is -2.71. The number of hydrogen-bond donors (Lipinski definition) is 1. The van der Waals surface area contributed by atoms with Gasteiger partial charge < -0.3 is 5.11 Å². The highest BCUT2D eigenvalue weighted by Gasteiger charge is 2.19. The third-order valence-corrected chi connectivity index (χ3v) is 2.45. The summed E-state index contributed by atoms with van der Waals surface area (Å²) in [6.45, 7) is -0.602. The van der Waals surface area contributed by atoms with Crippen molar-refractivity contribution in [3.63, 3.8) is 0 Å². The van der Waals surface area contributed by atoms with Gasteiger partial charge in [0.1, 0.15) is 11.8 Å². The molecule has 0 spiro atoms. The largest absolute Gasteiger partial charge is 0.390 e. The van der Waals surface area contributed by atoms with E-state index >= 15 is 0 Å². The van der Waals surface area contributed by atoms with E-state index in [1.165, 1.54) is 6.07 Å². The zero-order valence-electron chi connectivity index (χ0n) is 7.54. The molecule has 0 atom stereocenters. The van der Waals surface area contributed by atoms with E-state index in [9.17, 15) is 8.78 Å². The van der Waals surface area contributed by atoms with E-state index in [-0.39, 0.29) is 27.8 Å². The highest BCUT2D eigenvalue weighted by atomic mass is 79.9. The average Bonchev–Trinajstić information content (AvgIpc) is 2.26. The van der Waals surface area contributed by atoms with Crippen LogP contribution in [0, 0.1) is 11.3 Å². The van der Waals surface area contributed by atoms with E-state index in [2.05, 4.69) is 20.9 Å². The van der Waals surface area contributed by atoms with Crippen LogP contribution >= 0.6 is 15.9 Å². The summed E-state index contributed by atoms with van der Waals surface area (Å²) in [5.74, 6) is 0. The number of alkyl halides is 3. The zero-order chi connectivity index (χ0) is 11.4. The van der Waals surface area contributed by atoms with E-state index in [1.807, 2.05) is 0 Å². The van der Waals surface area contributed by atoms with Crippen molar-refractivity contribution < 1.29 is 13.9 Å². The van der Waals surface area contributed by atoms with Gasteiger partial charge in [-0.05, 0) is 11.6 Å². The van der Waals surface area contributed by atoms with Gasteiger partial charge in [0.25, 0.3) is 6.43 Å². The molecule has 1 rings (SSSR count). The molecule has 0 aliphatic carbocycles. The lowest BCUT2D eigenvalue weighted by molar-refractivity contribution is 0.145. The number of aliphatic hydroxyl groups excluding tert-OH is 1. The predicted molar refractivity (Wildman–Crippen MR) is 52.5 cm³/mol. The molecule has 1 N–H and O–H groups in total. The monoisotopic (exact) mass is 276 g/mol. The summed E-state index contributed by atoms with van der Waals surface area (Å²) in [5, 5.41) is 17.7. The van der Waals surface area contributed by atoms with Gasteiger partial charge in [-0.2, -0.15) is 5.26 Å². The van der Waals surface area contributed by atoms with Crippen molar-refractivity contribution in [2.45, 2.75) is 18.4 Å². The Kier molecular flexibility index (Phi) is 4.12. The fraction of sp³-hybridized carbons (Fsp3) is 0.333. The van der Waals surface area contributed by atoms with Crippen molar-refractivity contribution in [3.8, 4) is 6.07 Å². The van der Waals surface area contributed by atoms with Crippen LogP contribution in [-0.2, 0) is 11.9 Å². The Morgan fingerprint density at radius 2 is 2.27 bits per heavy atom. The van der Waals surface area contributed by atoms with Crippen molar-refractivity contribution in [1.82, 2.24) is 4.98 Å². The first-order valence-electron chi connectivity index (χ1n) is 4.01. The van der Waals surface area contributed by atoms with Crippen LogP contribution in [0.5, 0.6) is 0 Å². The summed E-state index contributed by atoms with van der Waals surface area (Å²) < 4.78 is 25.3. The third kappa shape index (κ3) is 2.49. The molecule has 0 amide bonds. The first-order chi connectivity index (χ1) is 7.13. The fourth-order valence-electron chi connectivity index (χ4n) is 1.22. The second-order valence-corrected chi connectivity index (χ2v) is 3.29.